The number of unbranched alkanes of at least 4 members (excludes halogenated alkanes) is 1. The molecule has 0 aromatic rings. The molecule has 4 heteroatoms. The summed E-state index contributed by atoms with van der Waals surface area (Å²) in [6.45, 7) is 8.79. The first-order valence-corrected chi connectivity index (χ1v) is 8.93. The van der Waals surface area contributed by atoms with E-state index in [1.807, 2.05) is 7.05 Å². The van der Waals surface area contributed by atoms with Gasteiger partial charge in [-0.3, -0.25) is 4.90 Å². The van der Waals surface area contributed by atoms with Crippen molar-refractivity contribution in [3.8, 4) is 0 Å². The third kappa shape index (κ3) is 5.20. The van der Waals surface area contributed by atoms with Gasteiger partial charge in [-0.05, 0) is 72.3 Å². The van der Waals surface area contributed by atoms with Gasteiger partial charge in [0.2, 0.25) is 0 Å². The Morgan fingerprint density at radius 3 is 2.57 bits per heavy atom. The quantitative estimate of drug-likeness (QED) is 0.669. The van der Waals surface area contributed by atoms with Crippen molar-refractivity contribution >= 4 is 0 Å². The van der Waals surface area contributed by atoms with Gasteiger partial charge in [0.1, 0.15) is 0 Å². The molecular formula is C17H35N3O. The van der Waals surface area contributed by atoms with Crippen molar-refractivity contribution < 1.29 is 5.11 Å². The highest BCUT2D eigenvalue weighted by atomic mass is 16.3. The average molecular weight is 297 g/mol. The zero-order chi connectivity index (χ0) is 15.1. The van der Waals surface area contributed by atoms with Crippen LogP contribution in [0.3, 0.4) is 0 Å². The number of aliphatic hydroxyl groups excluding tert-OH is 1. The second kappa shape index (κ2) is 8.47. The number of aliphatic hydroxyl groups is 1. The third-order valence-corrected chi connectivity index (χ3v) is 5.56. The second-order valence-corrected chi connectivity index (χ2v) is 7.27. The maximum Gasteiger partial charge on any atom is 0.0610 e. The average Bonchev–Trinajstić information content (AvgIpc) is 3.01. The molecule has 0 bridgehead atoms. The van der Waals surface area contributed by atoms with Gasteiger partial charge < -0.3 is 15.3 Å². The van der Waals surface area contributed by atoms with Crippen LogP contribution in [-0.2, 0) is 0 Å². The van der Waals surface area contributed by atoms with Crippen LogP contribution in [0.25, 0.3) is 0 Å². The van der Waals surface area contributed by atoms with Gasteiger partial charge in [-0.15, -0.1) is 0 Å². The number of nitrogens with one attached hydrogen (secondary N) is 1. The van der Waals surface area contributed by atoms with Crippen LogP contribution in [0.4, 0.5) is 0 Å². The van der Waals surface area contributed by atoms with E-state index in [0.717, 1.165) is 12.5 Å². The number of piperidine rings is 1. The van der Waals surface area contributed by atoms with E-state index in [0.29, 0.717) is 0 Å². The topological polar surface area (TPSA) is 38.7 Å². The smallest absolute Gasteiger partial charge is 0.0610 e. The fraction of sp³-hybridized carbons (Fsp3) is 1.00. The predicted molar refractivity (Wildman–Crippen MR) is 88.7 cm³/mol. The first-order chi connectivity index (χ1) is 10.2. The summed E-state index contributed by atoms with van der Waals surface area (Å²) < 4.78 is 0. The van der Waals surface area contributed by atoms with Gasteiger partial charge in [0, 0.05) is 18.1 Å². The van der Waals surface area contributed by atoms with E-state index in [1.54, 1.807) is 0 Å². The van der Waals surface area contributed by atoms with Crippen molar-refractivity contribution in [1.29, 1.82) is 0 Å². The lowest BCUT2D eigenvalue weighted by atomic mass is 9.96. The summed E-state index contributed by atoms with van der Waals surface area (Å²) in [4.78, 5) is 5.38. The molecule has 124 valence electrons. The molecule has 2 fully saturated rings. The van der Waals surface area contributed by atoms with Crippen LogP contribution in [0.1, 0.15) is 51.9 Å². The molecule has 2 N–H and O–H groups in total. The zero-order valence-electron chi connectivity index (χ0n) is 14.1. The lowest BCUT2D eigenvalue weighted by molar-refractivity contribution is 0.159. The molecule has 21 heavy (non-hydrogen) atoms. The fourth-order valence-electron chi connectivity index (χ4n) is 3.73. The summed E-state index contributed by atoms with van der Waals surface area (Å²) >= 11 is 0. The number of hydrogen-bond donors (Lipinski definition) is 2. The van der Waals surface area contributed by atoms with Crippen LogP contribution in [0.5, 0.6) is 0 Å². The summed E-state index contributed by atoms with van der Waals surface area (Å²) in [7, 11) is 1.94. The van der Waals surface area contributed by atoms with E-state index in [2.05, 4.69) is 22.0 Å². The minimum Gasteiger partial charge on any atom is -0.394 e. The monoisotopic (exact) mass is 297 g/mol. The van der Waals surface area contributed by atoms with Crippen LogP contribution in [0.15, 0.2) is 0 Å². The van der Waals surface area contributed by atoms with Gasteiger partial charge >= 0.3 is 0 Å². The van der Waals surface area contributed by atoms with Gasteiger partial charge in [0.15, 0.2) is 0 Å². The normalized spacial score (nSPS) is 27.9. The van der Waals surface area contributed by atoms with E-state index < -0.39 is 0 Å². The summed E-state index contributed by atoms with van der Waals surface area (Å²) in [6.07, 6.45) is 9.11. The molecule has 2 atom stereocenters. The van der Waals surface area contributed by atoms with Crippen LogP contribution >= 0.6 is 0 Å². The van der Waals surface area contributed by atoms with Gasteiger partial charge in [0.25, 0.3) is 0 Å². The highest BCUT2D eigenvalue weighted by Crippen LogP contribution is 2.21. The molecule has 2 rings (SSSR count). The summed E-state index contributed by atoms with van der Waals surface area (Å²) in [5, 5.41) is 12.6. The first kappa shape index (κ1) is 17.2. The molecule has 0 saturated carbocycles. The zero-order valence-corrected chi connectivity index (χ0v) is 14.1. The summed E-state index contributed by atoms with van der Waals surface area (Å²) in [5.74, 6) is 0. The molecule has 2 saturated heterocycles. The maximum absolute atomic E-state index is 9.40. The first-order valence-electron chi connectivity index (χ1n) is 8.93. The Morgan fingerprint density at radius 1 is 1.14 bits per heavy atom. The van der Waals surface area contributed by atoms with Gasteiger partial charge in [0.05, 0.1) is 6.61 Å². The lowest BCUT2D eigenvalue weighted by Gasteiger charge is -2.32. The van der Waals surface area contributed by atoms with Crippen molar-refractivity contribution in [1.82, 2.24) is 15.1 Å². The Labute approximate surface area is 130 Å². The molecule has 0 aromatic heterocycles. The number of likely N-dealkylation sites (N-methyl/N-ethyl adjacent to an activating group) is 1. The molecular weight excluding hydrogens is 262 g/mol. The van der Waals surface area contributed by atoms with E-state index in [-0.39, 0.29) is 12.1 Å². The minimum absolute atomic E-state index is 0.0959. The third-order valence-electron chi connectivity index (χ3n) is 5.56. The van der Waals surface area contributed by atoms with Gasteiger partial charge in [-0.25, -0.2) is 0 Å². The van der Waals surface area contributed by atoms with Crippen molar-refractivity contribution in [2.75, 3.05) is 46.4 Å². The Bertz CT molecular complexity index is 288. The van der Waals surface area contributed by atoms with Crippen LogP contribution in [-0.4, -0.2) is 72.9 Å². The van der Waals surface area contributed by atoms with Crippen molar-refractivity contribution in [2.24, 2.45) is 0 Å². The van der Waals surface area contributed by atoms with Crippen LogP contribution in [0, 0.1) is 0 Å². The molecule has 0 aliphatic carbocycles. The van der Waals surface area contributed by atoms with Crippen LogP contribution in [0.2, 0.25) is 0 Å². The molecule has 2 heterocycles. The molecule has 4 nitrogen and oxygen atoms in total. The highest BCUT2D eigenvalue weighted by molar-refractivity contribution is 4.85. The Kier molecular flexibility index (Phi) is 6.93. The molecule has 0 radical (unpaired) electrons. The van der Waals surface area contributed by atoms with E-state index in [1.165, 1.54) is 71.2 Å². The van der Waals surface area contributed by atoms with Crippen molar-refractivity contribution in [2.45, 2.75) is 63.5 Å². The molecule has 0 aromatic carbocycles. The second-order valence-electron chi connectivity index (χ2n) is 7.27. The van der Waals surface area contributed by atoms with E-state index in [4.69, 9.17) is 0 Å². The predicted octanol–water partition coefficient (Wildman–Crippen LogP) is 1.69. The molecule has 0 spiro atoms. The van der Waals surface area contributed by atoms with Crippen molar-refractivity contribution in [3.05, 3.63) is 0 Å². The molecule has 0 amide bonds. The van der Waals surface area contributed by atoms with Crippen molar-refractivity contribution in [3.63, 3.8) is 0 Å². The maximum atomic E-state index is 9.40. The fourth-order valence-corrected chi connectivity index (χ4v) is 3.73. The van der Waals surface area contributed by atoms with E-state index in [9.17, 15) is 5.11 Å². The van der Waals surface area contributed by atoms with Gasteiger partial charge in [-0.1, -0.05) is 12.8 Å². The Hall–Kier alpha value is -0.160. The number of likely N-dealkylation sites (tertiary alicyclic amines) is 2. The summed E-state index contributed by atoms with van der Waals surface area (Å²) in [6, 6.07) is 0.824. The standard InChI is InChI=1S/C17H35N3O/c1-17(15-21,18-2)9-4-7-10-19-13-8-16(14-19)20-11-5-3-6-12-20/h16,18,21H,3-15H2,1-2H3. The SMILES string of the molecule is CNC(C)(CO)CCCCN1CCC(N2CCCCC2)C1. The van der Waals surface area contributed by atoms with Gasteiger partial charge in [-0.2, -0.15) is 0 Å². The van der Waals surface area contributed by atoms with Crippen LogP contribution < -0.4 is 5.32 Å². The lowest BCUT2D eigenvalue weighted by Crippen LogP contribution is -2.43. The highest BCUT2D eigenvalue weighted by Gasteiger charge is 2.28. The minimum atomic E-state index is -0.0959. The Balaban J connectivity index is 1.60. The summed E-state index contributed by atoms with van der Waals surface area (Å²) in [5.41, 5.74) is -0.0959. The molecule has 2 aliphatic heterocycles. The largest absolute Gasteiger partial charge is 0.394 e. The molecule has 2 unspecified atom stereocenters. The number of hydrogen-bond acceptors (Lipinski definition) is 4. The Morgan fingerprint density at radius 2 is 1.90 bits per heavy atom. The van der Waals surface area contributed by atoms with E-state index >= 15 is 0 Å². The number of rotatable bonds is 8. The molecule has 2 aliphatic rings. The number of nitrogens with zero attached hydrogens (tertiary/aromatic N) is 2.